The lowest BCUT2D eigenvalue weighted by Gasteiger charge is -2.22. The third-order valence-corrected chi connectivity index (χ3v) is 6.73. The van der Waals surface area contributed by atoms with Gasteiger partial charge in [-0.3, -0.25) is 4.79 Å². The molecule has 0 radical (unpaired) electrons. The summed E-state index contributed by atoms with van der Waals surface area (Å²) in [5, 5.41) is 2.71. The Morgan fingerprint density at radius 3 is 2.44 bits per heavy atom. The fraction of sp³-hybridized carbons (Fsp3) is 0.174. The lowest BCUT2D eigenvalue weighted by atomic mass is 10.2. The predicted octanol–water partition coefficient (Wildman–Crippen LogP) is 3.06. The molecule has 0 aromatic heterocycles. The number of hydrogen-bond donors (Lipinski definition) is 1. The molecule has 9 heteroatoms. The van der Waals surface area contributed by atoms with Crippen molar-refractivity contribution in [1.82, 2.24) is 9.62 Å². The number of sulfonamides is 1. The summed E-state index contributed by atoms with van der Waals surface area (Å²) in [6.45, 7) is -0.215. The van der Waals surface area contributed by atoms with Crippen LogP contribution in [0.25, 0.3) is 0 Å². The number of hydrogen-bond acceptors (Lipinski definition) is 5. The van der Waals surface area contributed by atoms with Crippen molar-refractivity contribution in [3.8, 4) is 11.5 Å². The van der Waals surface area contributed by atoms with Gasteiger partial charge in [0, 0.05) is 13.1 Å². The van der Waals surface area contributed by atoms with Gasteiger partial charge in [-0.25, -0.2) is 12.8 Å². The summed E-state index contributed by atoms with van der Waals surface area (Å²) in [5.41, 5.74) is 1.45. The van der Waals surface area contributed by atoms with Gasteiger partial charge in [-0.1, -0.05) is 48.5 Å². The Labute approximate surface area is 185 Å². The largest absolute Gasteiger partial charge is 0.454 e. The molecule has 0 fully saturated rings. The van der Waals surface area contributed by atoms with Crippen LogP contribution in [0.1, 0.15) is 11.1 Å². The van der Waals surface area contributed by atoms with Crippen LogP contribution in [-0.2, 0) is 27.9 Å². The van der Waals surface area contributed by atoms with Crippen LogP contribution in [0.4, 0.5) is 4.39 Å². The molecule has 0 aliphatic carbocycles. The van der Waals surface area contributed by atoms with Gasteiger partial charge in [0.05, 0.1) is 6.54 Å². The minimum atomic E-state index is -4.26. The lowest BCUT2D eigenvalue weighted by Crippen LogP contribution is -2.40. The summed E-state index contributed by atoms with van der Waals surface area (Å²) in [4.78, 5) is 12.2. The molecule has 1 aliphatic rings. The molecule has 0 saturated heterocycles. The minimum Gasteiger partial charge on any atom is -0.454 e. The monoisotopic (exact) mass is 456 g/mol. The quantitative estimate of drug-likeness (QED) is 0.563. The predicted molar refractivity (Wildman–Crippen MR) is 115 cm³/mol. The van der Waals surface area contributed by atoms with Crippen LogP contribution in [0, 0.1) is 5.82 Å². The van der Waals surface area contributed by atoms with E-state index in [-0.39, 0.29) is 19.9 Å². The molecule has 32 heavy (non-hydrogen) atoms. The highest BCUT2D eigenvalue weighted by Gasteiger charge is 2.29. The van der Waals surface area contributed by atoms with Crippen LogP contribution < -0.4 is 14.8 Å². The second-order valence-corrected chi connectivity index (χ2v) is 9.06. The van der Waals surface area contributed by atoms with Gasteiger partial charge in [0.2, 0.25) is 22.7 Å². The number of nitrogens with one attached hydrogen (secondary N) is 1. The van der Waals surface area contributed by atoms with Gasteiger partial charge in [-0.15, -0.1) is 0 Å². The van der Waals surface area contributed by atoms with Crippen LogP contribution in [0.2, 0.25) is 0 Å². The molecule has 1 aliphatic heterocycles. The van der Waals surface area contributed by atoms with E-state index in [0.29, 0.717) is 17.1 Å². The van der Waals surface area contributed by atoms with E-state index in [2.05, 4.69) is 5.32 Å². The number of benzene rings is 3. The van der Waals surface area contributed by atoms with E-state index in [1.165, 1.54) is 18.2 Å². The lowest BCUT2D eigenvalue weighted by molar-refractivity contribution is -0.121. The number of ether oxygens (including phenoxy) is 2. The minimum absolute atomic E-state index is 0.0745. The summed E-state index contributed by atoms with van der Waals surface area (Å²) < 4.78 is 52.2. The highest BCUT2D eigenvalue weighted by Crippen LogP contribution is 2.32. The van der Waals surface area contributed by atoms with Crippen molar-refractivity contribution < 1.29 is 27.1 Å². The second-order valence-electron chi connectivity index (χ2n) is 7.15. The van der Waals surface area contributed by atoms with Crippen molar-refractivity contribution in [2.75, 3.05) is 13.3 Å². The number of nitrogens with zero attached hydrogens (tertiary/aromatic N) is 1. The molecule has 0 saturated carbocycles. The first-order valence-corrected chi connectivity index (χ1v) is 11.3. The summed E-state index contributed by atoms with van der Waals surface area (Å²) in [7, 11) is -4.26. The molecular weight excluding hydrogens is 435 g/mol. The number of carbonyl (C=O) groups is 1. The number of halogens is 1. The molecule has 3 aromatic carbocycles. The Morgan fingerprint density at radius 1 is 0.938 bits per heavy atom. The van der Waals surface area contributed by atoms with Crippen molar-refractivity contribution in [3.05, 3.63) is 89.7 Å². The molecule has 166 valence electrons. The van der Waals surface area contributed by atoms with Gasteiger partial charge in [-0.05, 0) is 35.4 Å². The highest BCUT2D eigenvalue weighted by atomic mass is 32.2. The smallest absolute Gasteiger partial charge is 0.246 e. The maximum Gasteiger partial charge on any atom is 0.246 e. The van der Waals surface area contributed by atoms with Crippen LogP contribution >= 0.6 is 0 Å². The van der Waals surface area contributed by atoms with Gasteiger partial charge < -0.3 is 14.8 Å². The molecule has 0 unspecified atom stereocenters. The maximum absolute atomic E-state index is 14.3. The Hall–Kier alpha value is -3.43. The van der Waals surface area contributed by atoms with E-state index >= 15 is 0 Å². The first-order chi connectivity index (χ1) is 15.4. The average Bonchev–Trinajstić information content (AvgIpc) is 3.26. The Kier molecular flexibility index (Phi) is 6.38. The number of carbonyl (C=O) groups excluding carboxylic acids is 1. The van der Waals surface area contributed by atoms with E-state index < -0.39 is 33.2 Å². The summed E-state index contributed by atoms with van der Waals surface area (Å²) >= 11 is 0. The topological polar surface area (TPSA) is 84.9 Å². The van der Waals surface area contributed by atoms with Crippen LogP contribution in [-0.4, -0.2) is 32.0 Å². The van der Waals surface area contributed by atoms with E-state index in [0.717, 1.165) is 15.9 Å². The van der Waals surface area contributed by atoms with Crippen LogP contribution in [0.3, 0.4) is 0 Å². The number of rotatable bonds is 8. The van der Waals surface area contributed by atoms with E-state index in [9.17, 15) is 17.6 Å². The first-order valence-electron chi connectivity index (χ1n) is 9.87. The third kappa shape index (κ3) is 4.90. The Balaban J connectivity index is 1.51. The molecule has 0 atom stereocenters. The Bertz CT molecular complexity index is 1220. The molecule has 1 heterocycles. The van der Waals surface area contributed by atoms with Crippen molar-refractivity contribution >= 4 is 15.9 Å². The second kappa shape index (κ2) is 9.37. The SMILES string of the molecule is O=C(CN(Cc1ccccc1)S(=O)(=O)c1ccccc1F)NCc1ccc2c(c1)OCO2. The van der Waals surface area contributed by atoms with Crippen molar-refractivity contribution in [2.24, 2.45) is 0 Å². The average molecular weight is 456 g/mol. The Morgan fingerprint density at radius 2 is 1.66 bits per heavy atom. The van der Waals surface area contributed by atoms with Gasteiger partial charge in [0.15, 0.2) is 11.5 Å². The third-order valence-electron chi connectivity index (χ3n) is 4.90. The van der Waals surface area contributed by atoms with Crippen LogP contribution in [0.5, 0.6) is 11.5 Å². The molecule has 0 bridgehead atoms. The molecule has 0 spiro atoms. The van der Waals surface area contributed by atoms with Crippen molar-refractivity contribution in [1.29, 1.82) is 0 Å². The number of amides is 1. The van der Waals surface area contributed by atoms with Gasteiger partial charge in [0.25, 0.3) is 0 Å². The van der Waals surface area contributed by atoms with Crippen LogP contribution in [0.15, 0.2) is 77.7 Å². The van der Waals surface area contributed by atoms with E-state index in [1.807, 2.05) is 0 Å². The molecule has 3 aromatic rings. The number of fused-ring (bicyclic) bond motifs is 1. The fourth-order valence-electron chi connectivity index (χ4n) is 3.27. The zero-order valence-electron chi connectivity index (χ0n) is 17.0. The maximum atomic E-state index is 14.3. The highest BCUT2D eigenvalue weighted by molar-refractivity contribution is 7.89. The molecular formula is C23H21FN2O5S. The van der Waals surface area contributed by atoms with Crippen molar-refractivity contribution in [2.45, 2.75) is 18.0 Å². The summed E-state index contributed by atoms with van der Waals surface area (Å²) in [6, 6.07) is 19.2. The molecule has 4 rings (SSSR count). The fourth-order valence-corrected chi connectivity index (χ4v) is 4.72. The molecule has 1 amide bonds. The zero-order chi connectivity index (χ0) is 22.6. The first kappa shape index (κ1) is 21.8. The summed E-state index contributed by atoms with van der Waals surface area (Å²) in [5.74, 6) is -0.167. The molecule has 7 nitrogen and oxygen atoms in total. The van der Waals surface area contributed by atoms with E-state index in [4.69, 9.17) is 9.47 Å². The van der Waals surface area contributed by atoms with Gasteiger partial charge in [0.1, 0.15) is 10.7 Å². The van der Waals surface area contributed by atoms with Gasteiger partial charge >= 0.3 is 0 Å². The van der Waals surface area contributed by atoms with Crippen molar-refractivity contribution in [3.63, 3.8) is 0 Å². The van der Waals surface area contributed by atoms with Gasteiger partial charge in [-0.2, -0.15) is 4.31 Å². The van der Waals surface area contributed by atoms with E-state index in [1.54, 1.807) is 48.5 Å². The standard InChI is InChI=1S/C23H21FN2O5S/c24-19-8-4-5-9-22(19)32(28,29)26(14-17-6-2-1-3-7-17)15-23(27)25-13-18-10-11-20-21(12-18)31-16-30-20/h1-12H,13-16H2,(H,25,27). The molecule has 1 N–H and O–H groups in total. The summed E-state index contributed by atoms with van der Waals surface area (Å²) in [6.07, 6.45) is 0. The normalized spacial score (nSPS) is 12.7. The zero-order valence-corrected chi connectivity index (χ0v) is 17.8.